The average Bonchev–Trinajstić information content (AvgIpc) is 3.02. The van der Waals surface area contributed by atoms with Crippen LogP contribution < -0.4 is 0 Å². The summed E-state index contributed by atoms with van der Waals surface area (Å²) in [6.45, 7) is 2.17. The van der Waals surface area contributed by atoms with Crippen LogP contribution in [0.2, 0.25) is 0 Å². The minimum absolute atomic E-state index is 0.0137. The monoisotopic (exact) mass is 226 g/mol. The lowest BCUT2D eigenvalue weighted by Crippen LogP contribution is -2.24. The van der Waals surface area contributed by atoms with Gasteiger partial charge in [-0.2, -0.15) is 0 Å². The van der Waals surface area contributed by atoms with E-state index in [1.165, 1.54) is 12.8 Å². The molecule has 0 radical (unpaired) electrons. The summed E-state index contributed by atoms with van der Waals surface area (Å²) >= 11 is 0. The molecule has 3 unspecified atom stereocenters. The van der Waals surface area contributed by atoms with Gasteiger partial charge in [-0.3, -0.25) is 4.79 Å². The maximum absolute atomic E-state index is 11.5. The molecule has 3 nitrogen and oxygen atoms in total. The first kappa shape index (κ1) is 11.9. The molecule has 1 aliphatic heterocycles. The van der Waals surface area contributed by atoms with Gasteiger partial charge in [0.1, 0.15) is 6.10 Å². The van der Waals surface area contributed by atoms with Gasteiger partial charge in [-0.1, -0.05) is 26.2 Å². The molecule has 3 atom stereocenters. The third kappa shape index (κ3) is 3.48. The van der Waals surface area contributed by atoms with Gasteiger partial charge in [-0.05, 0) is 19.3 Å². The van der Waals surface area contributed by atoms with Crippen molar-refractivity contribution >= 4 is 5.97 Å². The second-order valence-corrected chi connectivity index (χ2v) is 4.95. The second kappa shape index (κ2) is 5.67. The Morgan fingerprint density at radius 2 is 2.12 bits per heavy atom. The van der Waals surface area contributed by atoms with Gasteiger partial charge in [-0.15, -0.1) is 0 Å². The van der Waals surface area contributed by atoms with Crippen LogP contribution >= 0.6 is 0 Å². The molecule has 0 aromatic heterocycles. The molecule has 2 rings (SSSR count). The van der Waals surface area contributed by atoms with Crippen LogP contribution in [0.3, 0.4) is 0 Å². The molecule has 1 heterocycles. The zero-order valence-electron chi connectivity index (χ0n) is 10.1. The van der Waals surface area contributed by atoms with Gasteiger partial charge in [0, 0.05) is 12.8 Å². The van der Waals surface area contributed by atoms with Crippen molar-refractivity contribution in [2.75, 3.05) is 0 Å². The molecule has 3 heteroatoms. The van der Waals surface area contributed by atoms with Crippen molar-refractivity contribution in [3.63, 3.8) is 0 Å². The normalized spacial score (nSPS) is 31.9. The van der Waals surface area contributed by atoms with Crippen molar-refractivity contribution in [3.05, 3.63) is 0 Å². The molecule has 0 aromatic rings. The number of rotatable bonds is 6. The highest BCUT2D eigenvalue weighted by Gasteiger charge is 2.44. The molecular formula is C13H22O3. The Morgan fingerprint density at radius 3 is 2.88 bits per heavy atom. The highest BCUT2D eigenvalue weighted by atomic mass is 16.6. The second-order valence-electron chi connectivity index (χ2n) is 4.95. The summed E-state index contributed by atoms with van der Waals surface area (Å²) in [5, 5.41) is 0. The Kier molecular flexibility index (Phi) is 4.22. The summed E-state index contributed by atoms with van der Waals surface area (Å²) in [5.41, 5.74) is 0. The van der Waals surface area contributed by atoms with Crippen LogP contribution in [-0.2, 0) is 14.3 Å². The maximum Gasteiger partial charge on any atom is 0.306 e. The molecule has 2 fully saturated rings. The molecule has 2 aliphatic rings. The summed E-state index contributed by atoms with van der Waals surface area (Å²) < 4.78 is 10.9. The van der Waals surface area contributed by atoms with Crippen molar-refractivity contribution < 1.29 is 14.3 Å². The number of hydrogen-bond acceptors (Lipinski definition) is 3. The molecule has 16 heavy (non-hydrogen) atoms. The van der Waals surface area contributed by atoms with Gasteiger partial charge >= 0.3 is 5.97 Å². The quantitative estimate of drug-likeness (QED) is 0.397. The van der Waals surface area contributed by atoms with E-state index in [2.05, 4.69) is 6.92 Å². The number of epoxide rings is 1. The summed E-state index contributed by atoms with van der Waals surface area (Å²) in [5.74, 6) is -0.0137. The fourth-order valence-corrected chi connectivity index (χ4v) is 2.42. The zero-order chi connectivity index (χ0) is 11.4. The lowest BCUT2D eigenvalue weighted by molar-refractivity contribution is -0.150. The highest BCUT2D eigenvalue weighted by Crippen LogP contribution is 2.37. The lowest BCUT2D eigenvalue weighted by atomic mass is 9.98. The molecule has 0 aromatic carbocycles. The lowest BCUT2D eigenvalue weighted by Gasteiger charge is -2.19. The van der Waals surface area contributed by atoms with Crippen LogP contribution in [0.25, 0.3) is 0 Å². The van der Waals surface area contributed by atoms with Crippen molar-refractivity contribution in [2.24, 2.45) is 0 Å². The first-order chi connectivity index (χ1) is 7.79. The number of carbonyl (C=O) groups excluding carboxylic acids is 1. The number of esters is 1. The van der Waals surface area contributed by atoms with Crippen LogP contribution in [0.15, 0.2) is 0 Å². The molecule has 1 saturated carbocycles. The Balaban J connectivity index is 1.55. The molecular weight excluding hydrogens is 204 g/mol. The Bertz CT molecular complexity index is 239. The number of hydrogen-bond donors (Lipinski definition) is 0. The van der Waals surface area contributed by atoms with Crippen LogP contribution in [0.4, 0.5) is 0 Å². The van der Waals surface area contributed by atoms with E-state index in [9.17, 15) is 4.79 Å². The van der Waals surface area contributed by atoms with Crippen molar-refractivity contribution in [1.82, 2.24) is 0 Å². The van der Waals surface area contributed by atoms with E-state index in [0.717, 1.165) is 32.1 Å². The van der Waals surface area contributed by atoms with Crippen molar-refractivity contribution in [1.29, 1.82) is 0 Å². The number of carbonyl (C=O) groups is 1. The van der Waals surface area contributed by atoms with Gasteiger partial charge in [0.2, 0.25) is 0 Å². The molecule has 1 saturated heterocycles. The predicted molar refractivity (Wildman–Crippen MR) is 61.2 cm³/mol. The summed E-state index contributed by atoms with van der Waals surface area (Å²) in [7, 11) is 0. The SMILES string of the molecule is CCCCCCC(=O)OC1CCC2OC2C1. The van der Waals surface area contributed by atoms with Gasteiger partial charge in [-0.25, -0.2) is 0 Å². The van der Waals surface area contributed by atoms with Crippen molar-refractivity contribution in [3.8, 4) is 0 Å². The fourth-order valence-electron chi connectivity index (χ4n) is 2.42. The Labute approximate surface area is 97.5 Å². The van der Waals surface area contributed by atoms with E-state index in [0.29, 0.717) is 18.6 Å². The van der Waals surface area contributed by atoms with Gasteiger partial charge in [0.15, 0.2) is 0 Å². The van der Waals surface area contributed by atoms with E-state index in [1.807, 2.05) is 0 Å². The van der Waals surface area contributed by atoms with Crippen LogP contribution in [0.5, 0.6) is 0 Å². The van der Waals surface area contributed by atoms with Gasteiger partial charge < -0.3 is 9.47 Å². The highest BCUT2D eigenvalue weighted by molar-refractivity contribution is 5.69. The smallest absolute Gasteiger partial charge is 0.306 e. The Morgan fingerprint density at radius 1 is 1.25 bits per heavy atom. The van der Waals surface area contributed by atoms with E-state index in [1.54, 1.807) is 0 Å². The minimum atomic E-state index is -0.0137. The zero-order valence-corrected chi connectivity index (χ0v) is 10.1. The summed E-state index contributed by atoms with van der Waals surface area (Å²) in [6.07, 6.45) is 9.11. The topological polar surface area (TPSA) is 38.8 Å². The van der Waals surface area contributed by atoms with E-state index in [-0.39, 0.29) is 12.1 Å². The Hall–Kier alpha value is -0.570. The van der Waals surface area contributed by atoms with Crippen LogP contribution in [0, 0.1) is 0 Å². The van der Waals surface area contributed by atoms with E-state index >= 15 is 0 Å². The van der Waals surface area contributed by atoms with E-state index in [4.69, 9.17) is 9.47 Å². The predicted octanol–water partition coefficient (Wildman–Crippen LogP) is 2.82. The summed E-state index contributed by atoms with van der Waals surface area (Å²) in [4.78, 5) is 11.5. The molecule has 92 valence electrons. The molecule has 0 bridgehead atoms. The largest absolute Gasteiger partial charge is 0.462 e. The number of fused-ring (bicyclic) bond motifs is 1. The molecule has 0 spiro atoms. The molecule has 0 N–H and O–H groups in total. The van der Waals surface area contributed by atoms with Gasteiger partial charge in [0.05, 0.1) is 12.2 Å². The number of ether oxygens (including phenoxy) is 2. The maximum atomic E-state index is 11.5. The molecule has 0 amide bonds. The fraction of sp³-hybridized carbons (Fsp3) is 0.923. The van der Waals surface area contributed by atoms with Gasteiger partial charge in [0.25, 0.3) is 0 Å². The van der Waals surface area contributed by atoms with Crippen LogP contribution in [-0.4, -0.2) is 24.3 Å². The summed E-state index contributed by atoms with van der Waals surface area (Å²) in [6, 6.07) is 0. The van der Waals surface area contributed by atoms with E-state index < -0.39 is 0 Å². The first-order valence-corrected chi connectivity index (χ1v) is 6.64. The first-order valence-electron chi connectivity index (χ1n) is 6.64. The third-order valence-corrected chi connectivity index (χ3v) is 3.49. The number of unbranched alkanes of at least 4 members (excludes halogenated alkanes) is 3. The third-order valence-electron chi connectivity index (χ3n) is 3.49. The average molecular weight is 226 g/mol. The van der Waals surface area contributed by atoms with Crippen molar-refractivity contribution in [2.45, 2.75) is 76.6 Å². The standard InChI is InChI=1S/C13H22O3/c1-2-3-4-5-6-13(14)15-10-7-8-11-12(9-10)16-11/h10-12H,2-9H2,1H3. The van der Waals surface area contributed by atoms with Crippen LogP contribution in [0.1, 0.15) is 58.3 Å². The molecule has 1 aliphatic carbocycles. The minimum Gasteiger partial charge on any atom is -0.462 e.